The van der Waals surface area contributed by atoms with Crippen LogP contribution in [0.2, 0.25) is 0 Å². The maximum absolute atomic E-state index is 9.39. The van der Waals surface area contributed by atoms with Gasteiger partial charge in [0.25, 0.3) is 0 Å². The van der Waals surface area contributed by atoms with Gasteiger partial charge < -0.3 is 5.11 Å². The van der Waals surface area contributed by atoms with E-state index in [1.807, 2.05) is 19.1 Å². The molecule has 0 radical (unpaired) electrons. The number of aliphatic hydroxyl groups excluding tert-OH is 1. The molecule has 0 saturated heterocycles. The van der Waals surface area contributed by atoms with E-state index in [9.17, 15) is 5.11 Å². The van der Waals surface area contributed by atoms with Crippen molar-refractivity contribution in [2.24, 2.45) is 0 Å². The summed E-state index contributed by atoms with van der Waals surface area (Å²) in [7, 11) is 0. The second kappa shape index (κ2) is 3.57. The van der Waals surface area contributed by atoms with Gasteiger partial charge in [-0.25, -0.2) is 0 Å². The second-order valence-corrected chi connectivity index (χ2v) is 2.64. The molecule has 0 heterocycles. The summed E-state index contributed by atoms with van der Waals surface area (Å²) in [5.41, 5.74) is 1.19. The van der Waals surface area contributed by atoms with Crippen molar-refractivity contribution in [1.82, 2.24) is 0 Å². The fraction of sp³-hybridized carbons (Fsp3) is 0.556. The first-order chi connectivity index (χ1) is 4.84. The van der Waals surface area contributed by atoms with Crippen LogP contribution in [0.1, 0.15) is 26.2 Å². The van der Waals surface area contributed by atoms with Crippen molar-refractivity contribution in [3.8, 4) is 0 Å². The lowest BCUT2D eigenvalue weighted by Gasteiger charge is -2.04. The Bertz CT molecular complexity index is 156. The summed E-state index contributed by atoms with van der Waals surface area (Å²) in [6, 6.07) is 0. The first-order valence-electron chi connectivity index (χ1n) is 3.84. The van der Waals surface area contributed by atoms with Gasteiger partial charge in [0, 0.05) is 0 Å². The molecule has 1 nitrogen and oxygen atoms in total. The molecular formula is C9H14O. The molecular weight excluding hydrogens is 124 g/mol. The molecule has 10 heavy (non-hydrogen) atoms. The molecule has 0 fully saturated rings. The average molecular weight is 138 g/mol. The normalized spacial score (nSPS) is 21.6. The van der Waals surface area contributed by atoms with Crippen LogP contribution in [-0.4, -0.2) is 11.2 Å². The number of hydrogen-bond acceptors (Lipinski definition) is 1. The van der Waals surface area contributed by atoms with Crippen LogP contribution < -0.4 is 0 Å². The zero-order valence-electron chi connectivity index (χ0n) is 6.38. The van der Waals surface area contributed by atoms with Gasteiger partial charge in [0.15, 0.2) is 0 Å². The van der Waals surface area contributed by atoms with Gasteiger partial charge in [-0.05, 0) is 31.8 Å². The van der Waals surface area contributed by atoms with Crippen molar-refractivity contribution in [3.63, 3.8) is 0 Å². The van der Waals surface area contributed by atoms with Crippen LogP contribution in [0.15, 0.2) is 23.8 Å². The van der Waals surface area contributed by atoms with Crippen molar-refractivity contribution in [1.29, 1.82) is 0 Å². The predicted molar refractivity (Wildman–Crippen MR) is 42.8 cm³/mol. The highest BCUT2D eigenvalue weighted by Crippen LogP contribution is 2.21. The lowest BCUT2D eigenvalue weighted by atomic mass is 10.1. The largest absolute Gasteiger partial charge is 0.385 e. The Hall–Kier alpha value is -0.560. The summed E-state index contributed by atoms with van der Waals surface area (Å²) in [5.74, 6) is 0. The minimum Gasteiger partial charge on any atom is -0.385 e. The minimum absolute atomic E-state index is 0.313. The molecule has 1 atom stereocenters. The van der Waals surface area contributed by atoms with E-state index in [-0.39, 0.29) is 6.10 Å². The van der Waals surface area contributed by atoms with Crippen LogP contribution in [0.4, 0.5) is 0 Å². The molecule has 1 rings (SSSR count). The Morgan fingerprint density at radius 1 is 1.70 bits per heavy atom. The van der Waals surface area contributed by atoms with E-state index >= 15 is 0 Å². The molecule has 1 aliphatic rings. The van der Waals surface area contributed by atoms with Gasteiger partial charge in [-0.3, -0.25) is 0 Å². The molecule has 1 heteroatoms. The summed E-state index contributed by atoms with van der Waals surface area (Å²) in [6.07, 6.45) is 8.98. The third kappa shape index (κ3) is 1.71. The molecule has 0 aliphatic heterocycles. The van der Waals surface area contributed by atoms with E-state index < -0.39 is 0 Å². The summed E-state index contributed by atoms with van der Waals surface area (Å²) >= 11 is 0. The van der Waals surface area contributed by atoms with Gasteiger partial charge in [-0.1, -0.05) is 18.2 Å². The first-order valence-corrected chi connectivity index (χ1v) is 3.84. The van der Waals surface area contributed by atoms with E-state index in [2.05, 4.69) is 6.08 Å². The molecule has 1 aliphatic carbocycles. The van der Waals surface area contributed by atoms with Crippen molar-refractivity contribution < 1.29 is 5.11 Å². The molecule has 0 spiro atoms. The lowest BCUT2D eigenvalue weighted by Crippen LogP contribution is -2.03. The smallest absolute Gasteiger partial charge is 0.0931 e. The van der Waals surface area contributed by atoms with Gasteiger partial charge in [0.2, 0.25) is 0 Å². The predicted octanol–water partition coefficient (Wildman–Crippen LogP) is 2.03. The van der Waals surface area contributed by atoms with Crippen LogP contribution >= 0.6 is 0 Å². The number of allylic oxidation sites excluding steroid dienone is 2. The van der Waals surface area contributed by atoms with E-state index in [1.54, 1.807) is 0 Å². The third-order valence-electron chi connectivity index (χ3n) is 1.83. The van der Waals surface area contributed by atoms with Crippen LogP contribution in [-0.2, 0) is 0 Å². The van der Waals surface area contributed by atoms with Crippen LogP contribution in [0, 0.1) is 0 Å². The Labute approximate surface area is 62.1 Å². The number of hydrogen-bond donors (Lipinski definition) is 1. The molecule has 56 valence electrons. The van der Waals surface area contributed by atoms with Crippen LogP contribution in [0.5, 0.6) is 0 Å². The molecule has 0 aromatic carbocycles. The molecule has 0 saturated carbocycles. The maximum atomic E-state index is 9.39. The Balaban J connectivity index is 2.47. The quantitative estimate of drug-likeness (QED) is 0.579. The topological polar surface area (TPSA) is 20.2 Å². The SMILES string of the molecule is C/C=C/C(O)C1=CCCC1. The number of aliphatic hydroxyl groups is 1. The number of rotatable bonds is 2. The van der Waals surface area contributed by atoms with E-state index in [0.29, 0.717) is 0 Å². The maximum Gasteiger partial charge on any atom is 0.0931 e. The van der Waals surface area contributed by atoms with Gasteiger partial charge in [0.05, 0.1) is 6.10 Å². The highest BCUT2D eigenvalue weighted by atomic mass is 16.3. The Morgan fingerprint density at radius 2 is 2.50 bits per heavy atom. The van der Waals surface area contributed by atoms with Crippen LogP contribution in [0.25, 0.3) is 0 Å². The molecule has 0 bridgehead atoms. The molecule has 0 aromatic rings. The second-order valence-electron chi connectivity index (χ2n) is 2.64. The third-order valence-corrected chi connectivity index (χ3v) is 1.83. The Kier molecular flexibility index (Phi) is 2.69. The fourth-order valence-corrected chi connectivity index (χ4v) is 1.27. The van der Waals surface area contributed by atoms with Crippen molar-refractivity contribution in [3.05, 3.63) is 23.8 Å². The zero-order chi connectivity index (χ0) is 7.40. The van der Waals surface area contributed by atoms with Gasteiger partial charge >= 0.3 is 0 Å². The lowest BCUT2D eigenvalue weighted by molar-refractivity contribution is 0.256. The minimum atomic E-state index is -0.313. The zero-order valence-corrected chi connectivity index (χ0v) is 6.38. The van der Waals surface area contributed by atoms with E-state index in [1.165, 1.54) is 12.0 Å². The van der Waals surface area contributed by atoms with Gasteiger partial charge in [0.1, 0.15) is 0 Å². The van der Waals surface area contributed by atoms with E-state index in [0.717, 1.165) is 12.8 Å². The summed E-state index contributed by atoms with van der Waals surface area (Å²) in [4.78, 5) is 0. The fourth-order valence-electron chi connectivity index (χ4n) is 1.27. The molecule has 1 N–H and O–H groups in total. The van der Waals surface area contributed by atoms with Crippen LogP contribution in [0.3, 0.4) is 0 Å². The highest BCUT2D eigenvalue weighted by Gasteiger charge is 2.10. The van der Waals surface area contributed by atoms with E-state index in [4.69, 9.17) is 0 Å². The van der Waals surface area contributed by atoms with Crippen molar-refractivity contribution in [2.75, 3.05) is 0 Å². The Morgan fingerprint density at radius 3 is 3.00 bits per heavy atom. The highest BCUT2D eigenvalue weighted by molar-refractivity contribution is 5.17. The van der Waals surface area contributed by atoms with Crippen molar-refractivity contribution >= 4 is 0 Å². The van der Waals surface area contributed by atoms with Crippen molar-refractivity contribution in [2.45, 2.75) is 32.3 Å². The monoisotopic (exact) mass is 138 g/mol. The molecule has 0 aromatic heterocycles. The van der Waals surface area contributed by atoms with Gasteiger partial charge in [-0.15, -0.1) is 0 Å². The van der Waals surface area contributed by atoms with Gasteiger partial charge in [-0.2, -0.15) is 0 Å². The first kappa shape index (κ1) is 7.55. The summed E-state index contributed by atoms with van der Waals surface area (Å²) in [6.45, 7) is 1.93. The summed E-state index contributed by atoms with van der Waals surface area (Å²) < 4.78 is 0. The molecule has 0 amide bonds. The summed E-state index contributed by atoms with van der Waals surface area (Å²) in [5, 5.41) is 9.39. The molecule has 1 unspecified atom stereocenters. The average Bonchev–Trinajstić information content (AvgIpc) is 2.38. The standard InChI is InChI=1S/C9H14O/c1-2-5-9(10)8-6-3-4-7-8/h2,5-6,9-10H,3-4,7H2,1H3/b5-2+.